The summed E-state index contributed by atoms with van der Waals surface area (Å²) in [7, 11) is 0. The average Bonchev–Trinajstić information content (AvgIpc) is 2.86. The average molecular weight is 223 g/mol. The summed E-state index contributed by atoms with van der Waals surface area (Å²) < 4.78 is 10.7. The van der Waals surface area contributed by atoms with Gasteiger partial charge in [0, 0.05) is 11.4 Å². The van der Waals surface area contributed by atoms with Crippen LogP contribution in [0.25, 0.3) is 11.5 Å². The number of fused-ring (bicyclic) bond motifs is 1. The van der Waals surface area contributed by atoms with Crippen LogP contribution in [-0.2, 0) is 6.42 Å². The molecular weight excluding hydrogens is 216 g/mol. The monoisotopic (exact) mass is 222 g/mol. The molecule has 0 aliphatic carbocycles. The third kappa shape index (κ3) is 1.37. The van der Waals surface area contributed by atoms with Crippen molar-refractivity contribution in [3.63, 3.8) is 0 Å². The van der Waals surface area contributed by atoms with Gasteiger partial charge in [-0.15, -0.1) is 10.2 Å². The lowest BCUT2D eigenvalue weighted by molar-refractivity contribution is 0.357. The van der Waals surface area contributed by atoms with Crippen molar-refractivity contribution in [2.75, 3.05) is 6.61 Å². The highest BCUT2D eigenvalue weighted by atomic mass is 35.5. The Morgan fingerprint density at radius 2 is 2.27 bits per heavy atom. The molecule has 0 unspecified atom stereocenters. The lowest BCUT2D eigenvalue weighted by Crippen LogP contribution is -1.89. The van der Waals surface area contributed by atoms with Gasteiger partial charge in [0.15, 0.2) is 0 Å². The molecule has 0 spiro atoms. The third-order valence-corrected chi connectivity index (χ3v) is 2.56. The lowest BCUT2D eigenvalue weighted by atomic mass is 10.1. The van der Waals surface area contributed by atoms with Crippen LogP contribution in [0.4, 0.5) is 0 Å². The summed E-state index contributed by atoms with van der Waals surface area (Å²) in [6.07, 6.45) is 2.16. The summed E-state index contributed by atoms with van der Waals surface area (Å²) in [6.45, 7) is 0.677. The number of hydrogen-bond donors (Lipinski definition) is 0. The number of aromatic nitrogens is 2. The minimum absolute atomic E-state index is 0.440. The van der Waals surface area contributed by atoms with Gasteiger partial charge >= 0.3 is 0 Å². The molecule has 2 heterocycles. The molecule has 0 atom stereocenters. The van der Waals surface area contributed by atoms with E-state index in [9.17, 15) is 0 Å². The maximum absolute atomic E-state index is 6.00. The Morgan fingerprint density at radius 3 is 3.07 bits per heavy atom. The number of rotatable bonds is 1. The summed E-state index contributed by atoms with van der Waals surface area (Å²) in [5.74, 6) is 1.25. The number of benzene rings is 1. The van der Waals surface area contributed by atoms with Crippen LogP contribution in [0.5, 0.6) is 5.75 Å². The van der Waals surface area contributed by atoms with Gasteiger partial charge in [-0.2, -0.15) is 0 Å². The predicted octanol–water partition coefficient (Wildman–Crippen LogP) is 2.32. The molecule has 3 rings (SSSR count). The summed E-state index contributed by atoms with van der Waals surface area (Å²) in [5, 5.41) is 8.15. The molecule has 2 aromatic rings. The molecular formula is C10H7ClN2O2. The molecule has 0 radical (unpaired) electrons. The summed E-state index contributed by atoms with van der Waals surface area (Å²) in [5.41, 5.74) is 1.86. The van der Waals surface area contributed by atoms with E-state index in [1.54, 1.807) is 6.07 Å². The highest BCUT2D eigenvalue weighted by Gasteiger charge is 2.21. The van der Waals surface area contributed by atoms with Crippen molar-refractivity contribution < 1.29 is 9.15 Å². The third-order valence-electron chi connectivity index (χ3n) is 2.34. The van der Waals surface area contributed by atoms with E-state index in [2.05, 4.69) is 10.2 Å². The molecule has 76 valence electrons. The van der Waals surface area contributed by atoms with Crippen LogP contribution >= 0.6 is 11.6 Å². The molecule has 0 amide bonds. The summed E-state index contributed by atoms with van der Waals surface area (Å²) in [4.78, 5) is 0. The van der Waals surface area contributed by atoms with Crippen LogP contribution in [0.1, 0.15) is 5.56 Å². The first-order valence-electron chi connectivity index (χ1n) is 4.56. The van der Waals surface area contributed by atoms with Gasteiger partial charge in [0.25, 0.3) is 5.89 Å². The van der Waals surface area contributed by atoms with Crippen LogP contribution in [0.2, 0.25) is 5.02 Å². The van der Waals surface area contributed by atoms with Gasteiger partial charge in [0.1, 0.15) is 5.75 Å². The fraction of sp³-hybridized carbons (Fsp3) is 0.200. The van der Waals surface area contributed by atoms with E-state index >= 15 is 0 Å². The maximum Gasteiger partial charge on any atom is 0.251 e. The number of halogens is 1. The van der Waals surface area contributed by atoms with E-state index < -0.39 is 0 Å². The largest absolute Gasteiger partial charge is 0.492 e. The van der Waals surface area contributed by atoms with Gasteiger partial charge in [-0.3, -0.25) is 0 Å². The van der Waals surface area contributed by atoms with Crippen LogP contribution in [0, 0.1) is 0 Å². The van der Waals surface area contributed by atoms with Crippen LogP contribution in [-0.4, -0.2) is 16.8 Å². The smallest absolute Gasteiger partial charge is 0.251 e. The van der Waals surface area contributed by atoms with E-state index in [4.69, 9.17) is 20.8 Å². The zero-order valence-electron chi connectivity index (χ0n) is 7.74. The second kappa shape index (κ2) is 3.24. The number of ether oxygens (including phenoxy) is 1. The zero-order chi connectivity index (χ0) is 10.3. The maximum atomic E-state index is 6.00. The molecule has 1 aliphatic heterocycles. The van der Waals surface area contributed by atoms with Crippen molar-refractivity contribution in [2.24, 2.45) is 0 Å². The van der Waals surface area contributed by atoms with Crippen molar-refractivity contribution in [1.29, 1.82) is 0 Å². The molecule has 0 fully saturated rings. The van der Waals surface area contributed by atoms with E-state index in [-0.39, 0.29) is 0 Å². The molecule has 4 nitrogen and oxygen atoms in total. The second-order valence-corrected chi connectivity index (χ2v) is 3.72. The molecule has 15 heavy (non-hydrogen) atoms. The molecule has 5 heteroatoms. The molecule has 1 aliphatic rings. The quantitative estimate of drug-likeness (QED) is 0.743. The Hall–Kier alpha value is -1.55. The van der Waals surface area contributed by atoms with Crippen molar-refractivity contribution in [1.82, 2.24) is 10.2 Å². The van der Waals surface area contributed by atoms with Gasteiger partial charge < -0.3 is 9.15 Å². The molecule has 1 aromatic carbocycles. The topological polar surface area (TPSA) is 48.2 Å². The fourth-order valence-electron chi connectivity index (χ4n) is 1.72. The molecule has 1 aromatic heterocycles. The minimum Gasteiger partial charge on any atom is -0.492 e. The van der Waals surface area contributed by atoms with E-state index in [1.807, 2.05) is 6.07 Å². The first kappa shape index (κ1) is 8.73. The number of nitrogens with zero attached hydrogens (tertiary/aromatic N) is 2. The Morgan fingerprint density at radius 1 is 1.33 bits per heavy atom. The van der Waals surface area contributed by atoms with Gasteiger partial charge in [0.2, 0.25) is 6.39 Å². The van der Waals surface area contributed by atoms with Gasteiger partial charge in [-0.25, -0.2) is 0 Å². The van der Waals surface area contributed by atoms with Gasteiger partial charge in [-0.1, -0.05) is 11.6 Å². The van der Waals surface area contributed by atoms with Crippen LogP contribution in [0.3, 0.4) is 0 Å². The second-order valence-electron chi connectivity index (χ2n) is 3.28. The summed E-state index contributed by atoms with van der Waals surface area (Å²) in [6, 6.07) is 3.68. The zero-order valence-corrected chi connectivity index (χ0v) is 8.49. The van der Waals surface area contributed by atoms with E-state index in [1.165, 1.54) is 6.39 Å². The first-order chi connectivity index (χ1) is 7.34. The van der Waals surface area contributed by atoms with Crippen molar-refractivity contribution in [2.45, 2.75) is 6.42 Å². The van der Waals surface area contributed by atoms with Gasteiger partial charge in [-0.05, 0) is 17.7 Å². The normalized spacial score (nSPS) is 13.7. The Balaban J connectivity index is 2.23. The van der Waals surface area contributed by atoms with Crippen molar-refractivity contribution in [3.8, 4) is 17.2 Å². The standard InChI is InChI=1S/C10H7ClN2O2/c11-7-3-6-1-2-14-9(6)8(4-7)10-13-12-5-15-10/h3-5H,1-2H2. The van der Waals surface area contributed by atoms with Crippen molar-refractivity contribution in [3.05, 3.63) is 29.1 Å². The predicted molar refractivity (Wildman–Crippen MR) is 53.9 cm³/mol. The molecule has 0 N–H and O–H groups in total. The summed E-state index contributed by atoms with van der Waals surface area (Å²) >= 11 is 6.00. The van der Waals surface area contributed by atoms with E-state index in [0.29, 0.717) is 17.5 Å². The van der Waals surface area contributed by atoms with Crippen LogP contribution in [0.15, 0.2) is 22.9 Å². The molecule has 0 saturated carbocycles. The lowest BCUT2D eigenvalue weighted by Gasteiger charge is -2.04. The first-order valence-corrected chi connectivity index (χ1v) is 4.94. The van der Waals surface area contributed by atoms with Crippen molar-refractivity contribution >= 4 is 11.6 Å². The Kier molecular flexibility index (Phi) is 1.89. The minimum atomic E-state index is 0.440. The Bertz CT molecular complexity index is 496. The number of hydrogen-bond acceptors (Lipinski definition) is 4. The molecule has 0 bridgehead atoms. The highest BCUT2D eigenvalue weighted by molar-refractivity contribution is 6.31. The fourth-order valence-corrected chi connectivity index (χ4v) is 1.96. The Labute approximate surface area is 90.8 Å². The molecule has 0 saturated heterocycles. The van der Waals surface area contributed by atoms with Gasteiger partial charge in [0.05, 0.1) is 12.2 Å². The van der Waals surface area contributed by atoms with Crippen LogP contribution < -0.4 is 4.74 Å². The SMILES string of the molecule is Clc1cc2c(c(-c3nnco3)c1)OCC2. The highest BCUT2D eigenvalue weighted by Crippen LogP contribution is 2.38. The van der Waals surface area contributed by atoms with E-state index in [0.717, 1.165) is 23.3 Å².